The Labute approximate surface area is 122 Å². The summed E-state index contributed by atoms with van der Waals surface area (Å²) < 4.78 is 11.1. The second-order valence-corrected chi connectivity index (χ2v) is 4.69. The second kappa shape index (κ2) is 6.69. The van der Waals surface area contributed by atoms with Gasteiger partial charge in [-0.1, -0.05) is 29.8 Å². The van der Waals surface area contributed by atoms with Gasteiger partial charge in [0.05, 0.1) is 13.0 Å². The van der Waals surface area contributed by atoms with Crippen molar-refractivity contribution in [3.8, 4) is 11.5 Å². The summed E-state index contributed by atoms with van der Waals surface area (Å²) in [6.45, 7) is 0.387. The molecule has 0 saturated heterocycles. The Morgan fingerprint density at radius 2 is 1.79 bits per heavy atom. The fraction of sp³-hybridized carbons (Fsp3) is 0.200. The molecule has 0 aliphatic carbocycles. The topological polar surface area (TPSA) is 18.5 Å². The Morgan fingerprint density at radius 1 is 1.00 bits per heavy atom. The fourth-order valence-corrected chi connectivity index (χ4v) is 2.19. The van der Waals surface area contributed by atoms with E-state index in [1.54, 1.807) is 13.2 Å². The minimum absolute atomic E-state index is 0.387. The van der Waals surface area contributed by atoms with Crippen LogP contribution in [0.2, 0.25) is 5.02 Å². The first kappa shape index (κ1) is 14.0. The molecule has 2 nitrogen and oxygen atoms in total. The van der Waals surface area contributed by atoms with Crippen molar-refractivity contribution in [2.24, 2.45) is 0 Å². The van der Waals surface area contributed by atoms with Gasteiger partial charge in [0, 0.05) is 16.1 Å². The van der Waals surface area contributed by atoms with Gasteiger partial charge in [-0.3, -0.25) is 0 Å². The SMILES string of the molecule is COc1ccc(Cl)cc1COc1ccccc1CCl. The summed E-state index contributed by atoms with van der Waals surface area (Å²) in [4.78, 5) is 0. The molecule has 100 valence electrons. The first-order valence-corrected chi connectivity index (χ1v) is 6.75. The van der Waals surface area contributed by atoms with Gasteiger partial charge in [0.1, 0.15) is 18.1 Å². The van der Waals surface area contributed by atoms with Gasteiger partial charge < -0.3 is 9.47 Å². The number of halogens is 2. The highest BCUT2D eigenvalue weighted by Gasteiger charge is 2.07. The lowest BCUT2D eigenvalue weighted by atomic mass is 10.2. The van der Waals surface area contributed by atoms with E-state index in [1.807, 2.05) is 36.4 Å². The molecule has 0 heterocycles. The largest absolute Gasteiger partial charge is 0.496 e. The van der Waals surface area contributed by atoms with Crippen LogP contribution in [0, 0.1) is 0 Å². The quantitative estimate of drug-likeness (QED) is 0.747. The van der Waals surface area contributed by atoms with Crippen molar-refractivity contribution in [3.63, 3.8) is 0 Å². The molecule has 0 aliphatic heterocycles. The number of para-hydroxylation sites is 1. The van der Waals surface area contributed by atoms with Crippen molar-refractivity contribution in [1.82, 2.24) is 0 Å². The van der Waals surface area contributed by atoms with Crippen LogP contribution in [0.3, 0.4) is 0 Å². The van der Waals surface area contributed by atoms with Crippen LogP contribution in [-0.4, -0.2) is 7.11 Å². The highest BCUT2D eigenvalue weighted by molar-refractivity contribution is 6.30. The van der Waals surface area contributed by atoms with E-state index < -0.39 is 0 Å². The summed E-state index contributed by atoms with van der Waals surface area (Å²) in [7, 11) is 1.62. The van der Waals surface area contributed by atoms with Crippen molar-refractivity contribution >= 4 is 23.2 Å². The Kier molecular flexibility index (Phi) is 4.94. The Balaban J connectivity index is 2.16. The predicted octanol–water partition coefficient (Wildman–Crippen LogP) is 4.67. The molecule has 0 aromatic heterocycles. The number of hydrogen-bond acceptors (Lipinski definition) is 2. The van der Waals surface area contributed by atoms with Crippen molar-refractivity contribution in [2.75, 3.05) is 7.11 Å². The van der Waals surface area contributed by atoms with Gasteiger partial charge in [0.25, 0.3) is 0 Å². The maximum Gasteiger partial charge on any atom is 0.125 e. The first-order chi connectivity index (χ1) is 9.24. The molecular formula is C15H14Cl2O2. The van der Waals surface area contributed by atoms with Crippen LogP contribution < -0.4 is 9.47 Å². The predicted molar refractivity (Wildman–Crippen MR) is 78.3 cm³/mol. The number of methoxy groups -OCH3 is 1. The van der Waals surface area contributed by atoms with Gasteiger partial charge in [0.15, 0.2) is 0 Å². The van der Waals surface area contributed by atoms with Crippen LogP contribution in [-0.2, 0) is 12.5 Å². The summed E-state index contributed by atoms with van der Waals surface area (Å²) >= 11 is 11.9. The monoisotopic (exact) mass is 296 g/mol. The lowest BCUT2D eigenvalue weighted by molar-refractivity contribution is 0.294. The molecule has 2 rings (SSSR count). The smallest absolute Gasteiger partial charge is 0.125 e. The second-order valence-electron chi connectivity index (χ2n) is 3.99. The van der Waals surface area contributed by atoms with Gasteiger partial charge in [0.2, 0.25) is 0 Å². The molecule has 0 bridgehead atoms. The van der Waals surface area contributed by atoms with Crippen molar-refractivity contribution in [2.45, 2.75) is 12.5 Å². The summed E-state index contributed by atoms with van der Waals surface area (Å²) in [6.07, 6.45) is 0. The van der Waals surface area contributed by atoms with E-state index >= 15 is 0 Å². The molecule has 0 spiro atoms. The van der Waals surface area contributed by atoms with E-state index in [4.69, 9.17) is 32.7 Å². The van der Waals surface area contributed by atoms with Gasteiger partial charge in [-0.25, -0.2) is 0 Å². The Hall–Kier alpha value is -1.38. The van der Waals surface area contributed by atoms with E-state index in [0.717, 1.165) is 22.6 Å². The van der Waals surface area contributed by atoms with E-state index in [2.05, 4.69) is 0 Å². The number of benzene rings is 2. The van der Waals surface area contributed by atoms with Crippen LogP contribution in [0.1, 0.15) is 11.1 Å². The summed E-state index contributed by atoms with van der Waals surface area (Å²) in [5.41, 5.74) is 1.87. The molecule has 19 heavy (non-hydrogen) atoms. The molecule has 4 heteroatoms. The number of alkyl halides is 1. The molecule has 0 atom stereocenters. The fourth-order valence-electron chi connectivity index (χ4n) is 1.77. The van der Waals surface area contributed by atoms with E-state index in [0.29, 0.717) is 17.5 Å². The third-order valence-corrected chi connectivity index (χ3v) is 3.27. The molecule has 2 aromatic carbocycles. The zero-order valence-electron chi connectivity index (χ0n) is 10.5. The highest BCUT2D eigenvalue weighted by atomic mass is 35.5. The van der Waals surface area contributed by atoms with Crippen LogP contribution in [0.5, 0.6) is 11.5 Å². The minimum atomic E-state index is 0.387. The Morgan fingerprint density at radius 3 is 2.53 bits per heavy atom. The van der Waals surface area contributed by atoms with E-state index in [-0.39, 0.29) is 0 Å². The van der Waals surface area contributed by atoms with Crippen LogP contribution in [0.4, 0.5) is 0 Å². The third kappa shape index (κ3) is 3.55. The number of hydrogen-bond donors (Lipinski definition) is 0. The normalized spacial score (nSPS) is 10.3. The van der Waals surface area contributed by atoms with Crippen molar-refractivity contribution < 1.29 is 9.47 Å². The summed E-state index contributed by atoms with van der Waals surface area (Å²) in [5.74, 6) is 1.95. The molecule has 0 N–H and O–H groups in total. The maximum atomic E-state index is 5.98. The summed E-state index contributed by atoms with van der Waals surface area (Å²) in [5, 5.41) is 0.657. The van der Waals surface area contributed by atoms with Gasteiger partial charge in [-0.2, -0.15) is 0 Å². The van der Waals surface area contributed by atoms with Crippen LogP contribution >= 0.6 is 23.2 Å². The molecule has 0 aliphatic rings. The van der Waals surface area contributed by atoms with Gasteiger partial charge in [-0.05, 0) is 24.3 Å². The standard InChI is InChI=1S/C15H14Cl2O2/c1-18-14-7-6-13(17)8-12(14)10-19-15-5-3-2-4-11(15)9-16/h2-8H,9-10H2,1H3. The zero-order valence-corrected chi connectivity index (χ0v) is 12.0. The molecule has 0 radical (unpaired) electrons. The lowest BCUT2D eigenvalue weighted by Crippen LogP contribution is -2.00. The minimum Gasteiger partial charge on any atom is -0.496 e. The number of ether oxygens (including phenoxy) is 2. The molecule has 0 saturated carbocycles. The molecule has 0 amide bonds. The van der Waals surface area contributed by atoms with Crippen molar-refractivity contribution in [1.29, 1.82) is 0 Å². The lowest BCUT2D eigenvalue weighted by Gasteiger charge is -2.12. The average molecular weight is 297 g/mol. The van der Waals surface area contributed by atoms with Gasteiger partial charge in [-0.15, -0.1) is 11.6 Å². The maximum absolute atomic E-state index is 5.98. The molecular weight excluding hydrogens is 283 g/mol. The third-order valence-electron chi connectivity index (χ3n) is 2.74. The van der Waals surface area contributed by atoms with Crippen molar-refractivity contribution in [3.05, 3.63) is 58.6 Å². The summed E-state index contributed by atoms with van der Waals surface area (Å²) in [6, 6.07) is 13.1. The van der Waals surface area contributed by atoms with Crippen LogP contribution in [0.15, 0.2) is 42.5 Å². The number of rotatable bonds is 5. The Bertz CT molecular complexity index is 556. The van der Waals surface area contributed by atoms with Gasteiger partial charge >= 0.3 is 0 Å². The molecule has 0 unspecified atom stereocenters. The molecule has 0 fully saturated rings. The van der Waals surface area contributed by atoms with E-state index in [9.17, 15) is 0 Å². The highest BCUT2D eigenvalue weighted by Crippen LogP contribution is 2.26. The van der Waals surface area contributed by atoms with E-state index in [1.165, 1.54) is 0 Å². The zero-order chi connectivity index (χ0) is 13.7. The molecule has 2 aromatic rings. The average Bonchev–Trinajstić information content (AvgIpc) is 2.45. The first-order valence-electron chi connectivity index (χ1n) is 5.83. The van der Waals surface area contributed by atoms with Crippen LogP contribution in [0.25, 0.3) is 0 Å².